The third kappa shape index (κ3) is 2.23. The number of aliphatic hydroxyl groups excluding tert-OH is 3. The Morgan fingerprint density at radius 3 is 2.82 bits per heavy atom. The fourth-order valence-corrected chi connectivity index (χ4v) is 2.62. The molecule has 0 bridgehead atoms. The molecule has 22 heavy (non-hydrogen) atoms. The quantitative estimate of drug-likeness (QED) is 0.623. The molecule has 3 rings (SSSR count). The molecule has 120 valence electrons. The number of rotatable bonds is 4. The molecule has 1 unspecified atom stereocenters. The SMILES string of the molecule is COCn1cnc2c(ccn2C2O[C@H](CO)[C@@H](O)[C@H]2O)c1=O. The van der Waals surface area contributed by atoms with E-state index in [2.05, 4.69) is 4.98 Å². The summed E-state index contributed by atoms with van der Waals surface area (Å²) in [6.07, 6.45) is -1.35. The summed E-state index contributed by atoms with van der Waals surface area (Å²) in [7, 11) is 1.47. The summed E-state index contributed by atoms with van der Waals surface area (Å²) in [5, 5.41) is 29.4. The molecule has 2 aromatic heterocycles. The van der Waals surface area contributed by atoms with E-state index in [-0.39, 0.29) is 12.3 Å². The van der Waals surface area contributed by atoms with Crippen molar-refractivity contribution in [2.75, 3.05) is 13.7 Å². The number of fused-ring (bicyclic) bond motifs is 1. The van der Waals surface area contributed by atoms with E-state index in [9.17, 15) is 15.0 Å². The van der Waals surface area contributed by atoms with E-state index < -0.39 is 31.1 Å². The van der Waals surface area contributed by atoms with Crippen LogP contribution in [-0.4, -0.2) is 61.5 Å². The van der Waals surface area contributed by atoms with Gasteiger partial charge in [-0.25, -0.2) is 4.98 Å². The molecule has 0 aromatic carbocycles. The summed E-state index contributed by atoms with van der Waals surface area (Å²) >= 11 is 0. The summed E-state index contributed by atoms with van der Waals surface area (Å²) in [6, 6.07) is 1.56. The summed E-state index contributed by atoms with van der Waals surface area (Å²) in [5.41, 5.74) is 0.0459. The van der Waals surface area contributed by atoms with Crippen molar-refractivity contribution in [1.29, 1.82) is 0 Å². The minimum absolute atomic E-state index is 0.0841. The number of hydrogen-bond donors (Lipinski definition) is 3. The average Bonchev–Trinajstić information content (AvgIpc) is 3.05. The van der Waals surface area contributed by atoms with Crippen molar-refractivity contribution in [3.63, 3.8) is 0 Å². The second kappa shape index (κ2) is 5.78. The molecule has 9 nitrogen and oxygen atoms in total. The average molecular weight is 311 g/mol. The van der Waals surface area contributed by atoms with Crippen LogP contribution in [0, 0.1) is 0 Å². The molecular formula is C13H17N3O6. The number of methoxy groups -OCH3 is 1. The number of aliphatic hydroxyl groups is 3. The Bertz CT molecular complexity index is 726. The molecule has 0 radical (unpaired) electrons. The highest BCUT2D eigenvalue weighted by molar-refractivity contribution is 5.74. The van der Waals surface area contributed by atoms with Gasteiger partial charge in [-0.2, -0.15) is 0 Å². The van der Waals surface area contributed by atoms with Crippen LogP contribution in [0.15, 0.2) is 23.4 Å². The van der Waals surface area contributed by atoms with E-state index in [0.717, 1.165) is 0 Å². The van der Waals surface area contributed by atoms with Crippen molar-refractivity contribution in [1.82, 2.24) is 14.1 Å². The van der Waals surface area contributed by atoms with Gasteiger partial charge in [-0.1, -0.05) is 0 Å². The van der Waals surface area contributed by atoms with Gasteiger partial charge in [0.15, 0.2) is 6.23 Å². The zero-order valence-corrected chi connectivity index (χ0v) is 11.9. The first kappa shape index (κ1) is 15.1. The van der Waals surface area contributed by atoms with Crippen molar-refractivity contribution < 1.29 is 24.8 Å². The highest BCUT2D eigenvalue weighted by atomic mass is 16.6. The molecule has 4 atom stereocenters. The molecule has 0 saturated carbocycles. The Kier molecular flexibility index (Phi) is 3.98. The van der Waals surface area contributed by atoms with Crippen molar-refractivity contribution in [3.8, 4) is 0 Å². The third-order valence-electron chi connectivity index (χ3n) is 3.76. The molecule has 0 amide bonds. The standard InChI is InChI=1S/C13H17N3O6/c1-21-6-15-5-14-11-7(12(15)20)2-3-16(11)13-10(19)9(18)8(4-17)22-13/h2-3,5,8-10,13,17-19H,4,6H2,1H3/t8-,9-,10-,13?/m1/s1. The number of ether oxygens (including phenoxy) is 2. The van der Waals surface area contributed by atoms with E-state index in [1.165, 1.54) is 22.6 Å². The lowest BCUT2D eigenvalue weighted by molar-refractivity contribution is -0.0508. The molecule has 2 aromatic rings. The molecule has 9 heteroatoms. The van der Waals surface area contributed by atoms with Gasteiger partial charge >= 0.3 is 0 Å². The van der Waals surface area contributed by atoms with Crippen LogP contribution in [0.4, 0.5) is 0 Å². The predicted molar refractivity (Wildman–Crippen MR) is 74.0 cm³/mol. The summed E-state index contributed by atoms with van der Waals surface area (Å²) in [4.78, 5) is 16.4. The summed E-state index contributed by atoms with van der Waals surface area (Å²) in [6.45, 7) is -0.331. The zero-order valence-electron chi connectivity index (χ0n) is 11.9. The summed E-state index contributed by atoms with van der Waals surface area (Å²) < 4.78 is 13.1. The van der Waals surface area contributed by atoms with Crippen LogP contribution in [-0.2, 0) is 16.2 Å². The largest absolute Gasteiger partial charge is 0.394 e. The first-order chi connectivity index (χ1) is 10.6. The van der Waals surface area contributed by atoms with Gasteiger partial charge in [0, 0.05) is 13.3 Å². The minimum Gasteiger partial charge on any atom is -0.394 e. The lowest BCUT2D eigenvalue weighted by Gasteiger charge is -2.17. The van der Waals surface area contributed by atoms with Gasteiger partial charge in [0.25, 0.3) is 5.56 Å². The van der Waals surface area contributed by atoms with Gasteiger partial charge < -0.3 is 29.4 Å². The normalized spacial score (nSPS) is 28.5. The van der Waals surface area contributed by atoms with E-state index in [1.54, 1.807) is 12.3 Å². The van der Waals surface area contributed by atoms with Crippen molar-refractivity contribution in [3.05, 3.63) is 28.9 Å². The number of aromatic nitrogens is 3. The van der Waals surface area contributed by atoms with E-state index >= 15 is 0 Å². The second-order valence-corrected chi connectivity index (χ2v) is 5.13. The summed E-state index contributed by atoms with van der Waals surface area (Å²) in [5.74, 6) is 0. The molecule has 1 saturated heterocycles. The van der Waals surface area contributed by atoms with Crippen LogP contribution in [0.1, 0.15) is 6.23 Å². The zero-order chi connectivity index (χ0) is 15.9. The monoisotopic (exact) mass is 311 g/mol. The smallest absolute Gasteiger partial charge is 0.264 e. The Labute approximate surface area is 125 Å². The van der Waals surface area contributed by atoms with Crippen LogP contribution < -0.4 is 5.56 Å². The molecule has 0 aliphatic carbocycles. The molecular weight excluding hydrogens is 294 g/mol. The third-order valence-corrected chi connectivity index (χ3v) is 3.76. The maximum atomic E-state index is 12.2. The number of nitrogens with zero attached hydrogens (tertiary/aromatic N) is 3. The molecule has 3 N–H and O–H groups in total. The predicted octanol–water partition coefficient (Wildman–Crippen LogP) is -1.59. The first-order valence-electron chi connectivity index (χ1n) is 6.76. The number of hydrogen-bond acceptors (Lipinski definition) is 7. The lowest BCUT2D eigenvalue weighted by Crippen LogP contribution is -2.33. The second-order valence-electron chi connectivity index (χ2n) is 5.13. The Morgan fingerprint density at radius 1 is 1.41 bits per heavy atom. The van der Waals surface area contributed by atoms with Crippen LogP contribution in [0.25, 0.3) is 11.0 Å². The Hall–Kier alpha value is -1.78. The van der Waals surface area contributed by atoms with Crippen LogP contribution in [0.2, 0.25) is 0 Å². The highest BCUT2D eigenvalue weighted by Crippen LogP contribution is 2.31. The first-order valence-corrected chi connectivity index (χ1v) is 6.76. The topological polar surface area (TPSA) is 119 Å². The fourth-order valence-electron chi connectivity index (χ4n) is 2.62. The molecule has 1 aliphatic rings. The molecule has 1 fully saturated rings. The van der Waals surface area contributed by atoms with Gasteiger partial charge in [-0.3, -0.25) is 9.36 Å². The van der Waals surface area contributed by atoms with Crippen LogP contribution >= 0.6 is 0 Å². The molecule has 1 aliphatic heterocycles. The fraction of sp³-hybridized carbons (Fsp3) is 0.538. The Balaban J connectivity index is 2.03. The van der Waals surface area contributed by atoms with E-state index in [1.807, 2.05) is 0 Å². The van der Waals surface area contributed by atoms with Gasteiger partial charge in [0.05, 0.1) is 12.0 Å². The maximum Gasteiger partial charge on any atom is 0.264 e. The molecule has 3 heterocycles. The Morgan fingerprint density at radius 2 is 2.18 bits per heavy atom. The lowest BCUT2D eigenvalue weighted by atomic mass is 10.1. The maximum absolute atomic E-state index is 12.2. The van der Waals surface area contributed by atoms with Gasteiger partial charge in [-0.15, -0.1) is 0 Å². The minimum atomic E-state index is -1.23. The van der Waals surface area contributed by atoms with Crippen molar-refractivity contribution in [2.24, 2.45) is 0 Å². The van der Waals surface area contributed by atoms with Crippen molar-refractivity contribution >= 4 is 11.0 Å². The van der Waals surface area contributed by atoms with Gasteiger partial charge in [0.1, 0.15) is 37.0 Å². The van der Waals surface area contributed by atoms with Crippen LogP contribution in [0.3, 0.4) is 0 Å². The van der Waals surface area contributed by atoms with E-state index in [0.29, 0.717) is 11.0 Å². The highest BCUT2D eigenvalue weighted by Gasteiger charge is 2.43. The van der Waals surface area contributed by atoms with Gasteiger partial charge in [-0.05, 0) is 6.07 Å². The van der Waals surface area contributed by atoms with E-state index in [4.69, 9.17) is 14.6 Å². The van der Waals surface area contributed by atoms with Gasteiger partial charge in [0.2, 0.25) is 0 Å². The van der Waals surface area contributed by atoms with Crippen molar-refractivity contribution in [2.45, 2.75) is 31.3 Å². The molecule has 0 spiro atoms. The van der Waals surface area contributed by atoms with Crippen LogP contribution in [0.5, 0.6) is 0 Å².